The van der Waals surface area contributed by atoms with Gasteiger partial charge in [-0.2, -0.15) is 0 Å². The number of rotatable bonds is 37. The number of hydrogen-bond acceptors (Lipinski definition) is 5. The Kier molecular flexibility index (Phi) is 26.5. The van der Waals surface area contributed by atoms with Crippen molar-refractivity contribution in [1.29, 1.82) is 0 Å². The molecule has 4 aromatic rings. The van der Waals surface area contributed by atoms with Crippen molar-refractivity contribution in [3.8, 4) is 11.1 Å². The fourth-order valence-corrected chi connectivity index (χ4v) is 8.51. The van der Waals surface area contributed by atoms with Crippen molar-refractivity contribution in [3.63, 3.8) is 0 Å². The lowest BCUT2D eigenvalue weighted by molar-refractivity contribution is -0.151. The zero-order valence-corrected chi connectivity index (χ0v) is 38.2. The molecule has 0 bridgehead atoms. The van der Waals surface area contributed by atoms with Gasteiger partial charge in [-0.1, -0.05) is 206 Å². The molecule has 0 fully saturated rings. The number of ether oxygens (including phenoxy) is 3. The van der Waals surface area contributed by atoms with E-state index in [1.807, 2.05) is 60.7 Å². The van der Waals surface area contributed by atoms with Crippen LogP contribution in [0.5, 0.6) is 0 Å². The van der Waals surface area contributed by atoms with Crippen LogP contribution < -0.4 is 0 Å². The maximum absolute atomic E-state index is 14.9. The van der Waals surface area contributed by atoms with Crippen LogP contribution in [0.2, 0.25) is 0 Å². The van der Waals surface area contributed by atoms with E-state index in [-0.39, 0.29) is 11.5 Å². The molecule has 0 aromatic heterocycles. The van der Waals surface area contributed by atoms with E-state index < -0.39 is 17.0 Å². The molecule has 0 saturated carbocycles. The van der Waals surface area contributed by atoms with Crippen LogP contribution in [0, 0.1) is 11.6 Å². The molecule has 7 heteroatoms. The van der Waals surface area contributed by atoms with Gasteiger partial charge >= 0.3 is 5.97 Å². The standard InChI is InChI=1S/C56H76F2O5/c57-53-35-29-34-52(54(53)58)50-36-38-51(39-37-50)56(40-23-11-15-26-43-61-46-48-30-19-17-20-31-48,41-24-12-16-27-44-62-47-49-32-21-18-22-33-49)55(60)63-45-28-14-10-8-6-4-2-1-3-5-7-9-13-25-42-59/h17-22,29-39,42H,1-16,23-28,40-41,43-47H2. The first-order valence-electron chi connectivity index (χ1n) is 24.4. The summed E-state index contributed by atoms with van der Waals surface area (Å²) in [6, 6.07) is 32.2. The van der Waals surface area contributed by atoms with Gasteiger partial charge in [0, 0.05) is 25.2 Å². The minimum absolute atomic E-state index is 0.173. The van der Waals surface area contributed by atoms with Crippen molar-refractivity contribution in [3.05, 3.63) is 131 Å². The SMILES string of the molecule is O=CCCCCCCCCCCCCCCCOC(=O)C(CCCCCCOCc1ccccc1)(CCCCCCOCc1ccccc1)c1ccc(-c2cccc(F)c2F)cc1. The lowest BCUT2D eigenvalue weighted by atomic mass is 9.72. The molecule has 0 spiro atoms. The van der Waals surface area contributed by atoms with Gasteiger partial charge in [-0.05, 0) is 66.8 Å². The summed E-state index contributed by atoms with van der Waals surface area (Å²) in [5.74, 6) is -1.92. The minimum Gasteiger partial charge on any atom is -0.465 e. The molecule has 0 heterocycles. The third-order valence-electron chi connectivity index (χ3n) is 12.3. The van der Waals surface area contributed by atoms with Crippen LogP contribution in [-0.4, -0.2) is 32.1 Å². The summed E-state index contributed by atoms with van der Waals surface area (Å²) in [7, 11) is 0. The molecule has 0 aliphatic carbocycles. The highest BCUT2D eigenvalue weighted by Crippen LogP contribution is 2.39. The van der Waals surface area contributed by atoms with Crippen LogP contribution in [0.1, 0.15) is 171 Å². The van der Waals surface area contributed by atoms with E-state index >= 15 is 0 Å². The molecule has 0 saturated heterocycles. The third-order valence-corrected chi connectivity index (χ3v) is 12.3. The second kappa shape index (κ2) is 32.5. The van der Waals surface area contributed by atoms with Gasteiger partial charge in [0.2, 0.25) is 0 Å². The summed E-state index contributed by atoms with van der Waals surface area (Å²) < 4.78 is 47.2. The second-order valence-corrected chi connectivity index (χ2v) is 17.4. The van der Waals surface area contributed by atoms with Crippen molar-refractivity contribution < 1.29 is 32.6 Å². The number of hydrogen-bond donors (Lipinski definition) is 0. The van der Waals surface area contributed by atoms with Crippen LogP contribution in [-0.2, 0) is 42.4 Å². The van der Waals surface area contributed by atoms with Gasteiger partial charge in [0.05, 0.1) is 25.2 Å². The molecule has 0 atom stereocenters. The van der Waals surface area contributed by atoms with E-state index in [1.165, 1.54) is 75.0 Å². The van der Waals surface area contributed by atoms with E-state index in [9.17, 15) is 18.4 Å². The van der Waals surface area contributed by atoms with Gasteiger partial charge < -0.3 is 19.0 Å². The molecule has 4 rings (SSSR count). The summed E-state index contributed by atoms with van der Waals surface area (Å²) >= 11 is 0. The number of aldehydes is 1. The molecule has 0 radical (unpaired) electrons. The first-order chi connectivity index (χ1) is 31.0. The van der Waals surface area contributed by atoms with Gasteiger partial charge in [-0.3, -0.25) is 4.79 Å². The van der Waals surface area contributed by atoms with E-state index in [0.29, 0.717) is 57.9 Å². The molecular formula is C56H76F2O5. The lowest BCUT2D eigenvalue weighted by Crippen LogP contribution is -2.38. The molecule has 5 nitrogen and oxygen atoms in total. The van der Waals surface area contributed by atoms with Gasteiger partial charge in [-0.15, -0.1) is 0 Å². The monoisotopic (exact) mass is 867 g/mol. The molecule has 0 N–H and O–H groups in total. The summed E-state index contributed by atoms with van der Waals surface area (Å²) in [5, 5.41) is 0. The molecule has 0 unspecified atom stereocenters. The average molecular weight is 867 g/mol. The Morgan fingerprint density at radius 2 is 0.921 bits per heavy atom. The van der Waals surface area contributed by atoms with E-state index in [4.69, 9.17) is 14.2 Å². The van der Waals surface area contributed by atoms with Gasteiger partial charge in [0.25, 0.3) is 0 Å². The number of unbranched alkanes of at least 4 members (excludes halogenated alkanes) is 19. The van der Waals surface area contributed by atoms with E-state index in [1.54, 1.807) is 6.07 Å². The molecule has 0 amide bonds. The summed E-state index contributed by atoms with van der Waals surface area (Å²) in [6.45, 7) is 3.01. The van der Waals surface area contributed by atoms with Crippen molar-refractivity contribution in [1.82, 2.24) is 0 Å². The number of benzene rings is 4. The van der Waals surface area contributed by atoms with Gasteiger partial charge in [0.1, 0.15) is 6.29 Å². The molecule has 4 aromatic carbocycles. The molecule has 344 valence electrons. The highest BCUT2D eigenvalue weighted by molar-refractivity contribution is 5.83. The maximum Gasteiger partial charge on any atom is 0.316 e. The summed E-state index contributed by atoms with van der Waals surface area (Å²) in [6.07, 6.45) is 25.9. The highest BCUT2D eigenvalue weighted by Gasteiger charge is 2.41. The first kappa shape index (κ1) is 51.4. The number of carbonyl (C=O) groups is 2. The van der Waals surface area contributed by atoms with Crippen LogP contribution in [0.25, 0.3) is 11.1 Å². The van der Waals surface area contributed by atoms with E-state index in [2.05, 4.69) is 24.3 Å². The fraction of sp³-hybridized carbons (Fsp3) is 0.536. The van der Waals surface area contributed by atoms with Crippen molar-refractivity contribution >= 4 is 12.3 Å². The van der Waals surface area contributed by atoms with Crippen LogP contribution in [0.4, 0.5) is 8.78 Å². The Hall–Kier alpha value is -4.20. The smallest absolute Gasteiger partial charge is 0.316 e. The molecule has 0 aliphatic rings. The van der Waals surface area contributed by atoms with Crippen molar-refractivity contribution in [2.45, 2.75) is 173 Å². The Morgan fingerprint density at radius 3 is 1.41 bits per heavy atom. The van der Waals surface area contributed by atoms with Crippen LogP contribution >= 0.6 is 0 Å². The quantitative estimate of drug-likeness (QED) is 0.0257. The third kappa shape index (κ3) is 20.5. The fourth-order valence-electron chi connectivity index (χ4n) is 8.51. The average Bonchev–Trinajstić information content (AvgIpc) is 3.31. The highest BCUT2D eigenvalue weighted by atomic mass is 19.2. The van der Waals surface area contributed by atoms with Gasteiger partial charge in [0.15, 0.2) is 11.6 Å². The number of carbonyl (C=O) groups excluding carboxylic acids is 2. The summed E-state index contributed by atoms with van der Waals surface area (Å²) in [4.78, 5) is 25.0. The Balaban J connectivity index is 1.32. The topological polar surface area (TPSA) is 61.8 Å². The largest absolute Gasteiger partial charge is 0.465 e. The first-order valence-corrected chi connectivity index (χ1v) is 24.4. The molecular weight excluding hydrogens is 791 g/mol. The Labute approximate surface area is 378 Å². The molecule has 63 heavy (non-hydrogen) atoms. The normalized spacial score (nSPS) is 11.5. The van der Waals surface area contributed by atoms with Crippen LogP contribution in [0.3, 0.4) is 0 Å². The maximum atomic E-state index is 14.9. The van der Waals surface area contributed by atoms with Crippen molar-refractivity contribution in [2.75, 3.05) is 19.8 Å². The van der Waals surface area contributed by atoms with Gasteiger partial charge in [-0.25, -0.2) is 8.78 Å². The van der Waals surface area contributed by atoms with Crippen molar-refractivity contribution in [2.24, 2.45) is 0 Å². The number of halogens is 2. The predicted molar refractivity (Wildman–Crippen MR) is 253 cm³/mol. The Morgan fingerprint density at radius 1 is 0.476 bits per heavy atom. The zero-order valence-electron chi connectivity index (χ0n) is 38.2. The molecule has 0 aliphatic heterocycles. The van der Waals surface area contributed by atoms with E-state index in [0.717, 1.165) is 95.0 Å². The summed E-state index contributed by atoms with van der Waals surface area (Å²) in [5.41, 5.74) is 3.15. The predicted octanol–water partition coefficient (Wildman–Crippen LogP) is 15.4. The number of esters is 1. The lowest BCUT2D eigenvalue weighted by Gasteiger charge is -2.33. The minimum atomic E-state index is -0.879. The Bertz CT molecular complexity index is 1710. The van der Waals surface area contributed by atoms with Crippen LogP contribution in [0.15, 0.2) is 103 Å². The zero-order chi connectivity index (χ0) is 44.5. The second-order valence-electron chi connectivity index (χ2n) is 17.4.